The Morgan fingerprint density at radius 1 is 0.933 bits per heavy atom. The molecule has 9 heteroatoms. The number of rotatable bonds is 1. The van der Waals surface area contributed by atoms with E-state index in [2.05, 4.69) is 47.8 Å². The molecule has 0 radical (unpaired) electrons. The van der Waals surface area contributed by atoms with E-state index in [0.717, 1.165) is 0 Å². The molecule has 1 rings (SSSR count). The minimum atomic E-state index is -4.72. The fourth-order valence-electron chi connectivity index (χ4n) is 0.742. The third-order valence-electron chi connectivity index (χ3n) is 1.27. The van der Waals surface area contributed by atoms with Gasteiger partial charge in [-0.15, -0.1) is 7.94 Å². The van der Waals surface area contributed by atoms with Gasteiger partial charge in [0.15, 0.2) is 0 Å². The summed E-state index contributed by atoms with van der Waals surface area (Å²) in [7, 11) is -4.72. The van der Waals surface area contributed by atoms with Gasteiger partial charge < -0.3 is 14.7 Å². The van der Waals surface area contributed by atoms with Gasteiger partial charge in [0, 0.05) is 8.95 Å². The zero-order chi connectivity index (χ0) is 10.2. The Morgan fingerprint density at radius 3 is 1.80 bits per heavy atom. The summed E-state index contributed by atoms with van der Waals surface area (Å²) < 4.78 is 1.30. The van der Waals surface area contributed by atoms with Gasteiger partial charge in [0.2, 0.25) is 0 Å². The van der Waals surface area contributed by atoms with Crippen LogP contribution in [0.25, 0.3) is 0 Å². The van der Waals surface area contributed by atoms with E-state index in [0.29, 0.717) is 8.95 Å². The van der Waals surface area contributed by atoms with Crippen LogP contribution in [0.4, 0.5) is 0 Å². The van der Waals surface area contributed by atoms with E-state index >= 15 is 0 Å². The first-order valence-corrected chi connectivity index (χ1v) is 6.91. The molecule has 0 N–H and O–H groups in total. The van der Waals surface area contributed by atoms with Crippen molar-refractivity contribution in [2.24, 2.45) is 0 Å². The van der Waals surface area contributed by atoms with Crippen LogP contribution >= 0.6 is 55.7 Å². The summed E-state index contributed by atoms with van der Waals surface area (Å²) in [6, 6.07) is 2.90. The first-order chi connectivity index (χ1) is 5.82. The molecule has 0 spiro atoms. The van der Waals surface area contributed by atoms with Gasteiger partial charge >= 0.3 is 59.1 Å². The molecule has 0 heterocycles. The van der Waals surface area contributed by atoms with Crippen molar-refractivity contribution in [3.63, 3.8) is 0 Å². The molecule has 0 aliphatic heterocycles. The Bertz CT molecular complexity index is 345. The SMILES string of the molecule is [Na+].[Na+].[O-][P+]([O-])([O-])c1cc(Br)cc(Br)c1Br. The molecule has 0 bridgehead atoms. The molecular weight excluding hydrogens is 437 g/mol. The molecule has 15 heavy (non-hydrogen) atoms. The third kappa shape index (κ3) is 6.10. The Balaban J connectivity index is 0. The normalized spacial score (nSPS) is 10.3. The fraction of sp³-hybridized carbons (Fsp3) is 0. The molecule has 0 amide bonds. The van der Waals surface area contributed by atoms with Crippen LogP contribution in [0.1, 0.15) is 0 Å². The third-order valence-corrected chi connectivity index (χ3v) is 4.99. The minimum Gasteiger partial charge on any atom is -0.683 e. The number of hydrogen-bond acceptors (Lipinski definition) is 3. The van der Waals surface area contributed by atoms with Crippen LogP contribution in [0.15, 0.2) is 25.6 Å². The zero-order valence-corrected chi connectivity index (χ0v) is 17.6. The van der Waals surface area contributed by atoms with Crippen molar-refractivity contribution in [2.45, 2.75) is 0 Å². The average Bonchev–Trinajstić information content (AvgIpc) is 1.94. The average molecular weight is 439 g/mol. The van der Waals surface area contributed by atoms with E-state index in [1.807, 2.05) is 0 Å². The summed E-state index contributed by atoms with van der Waals surface area (Å²) in [6.45, 7) is 0. The van der Waals surface area contributed by atoms with E-state index in [1.165, 1.54) is 6.07 Å². The van der Waals surface area contributed by atoms with Gasteiger partial charge in [0.25, 0.3) is 0 Å². The van der Waals surface area contributed by atoms with Crippen LogP contribution < -0.4 is 79.1 Å². The number of halogens is 3. The zero-order valence-electron chi connectivity index (χ0n) is 7.96. The van der Waals surface area contributed by atoms with Crippen molar-refractivity contribution < 1.29 is 73.8 Å². The van der Waals surface area contributed by atoms with Crippen LogP contribution in [0.5, 0.6) is 0 Å². The van der Waals surface area contributed by atoms with Gasteiger partial charge in [-0.2, -0.15) is 0 Å². The Labute approximate surface area is 158 Å². The maximum Gasteiger partial charge on any atom is 1.00 e. The van der Waals surface area contributed by atoms with Gasteiger partial charge in [-0.1, -0.05) is 15.9 Å². The quantitative estimate of drug-likeness (QED) is 0.250. The van der Waals surface area contributed by atoms with Crippen molar-refractivity contribution in [1.82, 2.24) is 0 Å². The Hall–Kier alpha value is 2.97. The van der Waals surface area contributed by atoms with Crippen molar-refractivity contribution in [3.05, 3.63) is 25.6 Å². The Morgan fingerprint density at radius 2 is 1.40 bits per heavy atom. The van der Waals surface area contributed by atoms with E-state index in [1.54, 1.807) is 6.07 Å². The molecule has 1 aromatic carbocycles. The molecule has 0 saturated carbocycles. The van der Waals surface area contributed by atoms with E-state index in [-0.39, 0.29) is 68.9 Å². The van der Waals surface area contributed by atoms with Gasteiger partial charge in [0.1, 0.15) is 0 Å². The Kier molecular flexibility index (Phi) is 11.1. The molecule has 0 atom stereocenters. The standard InChI is InChI=1S/C6H4Br3O3P.2Na/c7-3-1-4(8)6(9)5(2-3)13(10,11)12;;/h1-2H,(H2,10,11,12);;/q;2*+1/p-2. The van der Waals surface area contributed by atoms with Crippen LogP contribution in [0.2, 0.25) is 0 Å². The first kappa shape index (κ1) is 20.3. The topological polar surface area (TPSA) is 69.2 Å². The van der Waals surface area contributed by atoms with E-state index in [9.17, 15) is 14.7 Å². The number of hydrogen-bond donors (Lipinski definition) is 0. The van der Waals surface area contributed by atoms with Crippen molar-refractivity contribution in [3.8, 4) is 0 Å². The second-order valence-electron chi connectivity index (χ2n) is 2.22. The van der Waals surface area contributed by atoms with E-state index in [4.69, 9.17) is 0 Å². The molecule has 0 aromatic heterocycles. The molecule has 3 nitrogen and oxygen atoms in total. The molecule has 0 aliphatic carbocycles. The molecule has 0 fully saturated rings. The predicted octanol–water partition coefficient (Wildman–Crippen LogP) is -5.55. The molecule has 72 valence electrons. The van der Waals surface area contributed by atoms with Crippen molar-refractivity contribution in [2.75, 3.05) is 0 Å². The molecule has 0 saturated heterocycles. The summed E-state index contributed by atoms with van der Waals surface area (Å²) in [5, 5.41) is -0.256. The van der Waals surface area contributed by atoms with Crippen LogP contribution in [-0.2, 0) is 0 Å². The second-order valence-corrected chi connectivity index (χ2v) is 6.26. The monoisotopic (exact) mass is 436 g/mol. The molecule has 0 aliphatic rings. The molecule has 0 unspecified atom stereocenters. The van der Waals surface area contributed by atoms with Gasteiger partial charge in [-0.3, -0.25) is 0 Å². The van der Waals surface area contributed by atoms with Crippen LogP contribution in [0, 0.1) is 0 Å². The van der Waals surface area contributed by atoms with E-state index < -0.39 is 7.94 Å². The van der Waals surface area contributed by atoms with Crippen LogP contribution in [0.3, 0.4) is 0 Å². The van der Waals surface area contributed by atoms with Gasteiger partial charge in [-0.05, 0) is 44.0 Å². The number of benzene rings is 1. The summed E-state index contributed by atoms with van der Waals surface area (Å²) >= 11 is 9.21. The van der Waals surface area contributed by atoms with Gasteiger partial charge in [-0.25, -0.2) is 0 Å². The smallest absolute Gasteiger partial charge is 0.683 e. The summed E-state index contributed by atoms with van der Waals surface area (Å²) in [4.78, 5) is 32.3. The summed E-state index contributed by atoms with van der Waals surface area (Å²) in [5.41, 5.74) is 0. The molecular formula is C6H2Br3Na2O3P. The summed E-state index contributed by atoms with van der Waals surface area (Å²) in [6.07, 6.45) is 0. The fourth-order valence-corrected chi connectivity index (χ4v) is 3.84. The first-order valence-electron chi connectivity index (χ1n) is 2.99. The summed E-state index contributed by atoms with van der Waals surface area (Å²) in [5.74, 6) is 0. The maximum atomic E-state index is 10.8. The maximum absolute atomic E-state index is 10.8. The predicted molar refractivity (Wildman–Crippen MR) is 56.1 cm³/mol. The van der Waals surface area contributed by atoms with Crippen molar-refractivity contribution in [1.29, 1.82) is 0 Å². The van der Waals surface area contributed by atoms with Gasteiger partial charge in [0.05, 0.1) is 9.78 Å². The molecule has 1 aromatic rings. The van der Waals surface area contributed by atoms with Crippen LogP contribution in [-0.4, -0.2) is 0 Å². The second kappa shape index (κ2) is 8.20. The minimum absolute atomic E-state index is 0. The van der Waals surface area contributed by atoms with Crippen molar-refractivity contribution >= 4 is 61.0 Å². The largest absolute Gasteiger partial charge is 1.00 e.